The Hall–Kier alpha value is -0.790. The van der Waals surface area contributed by atoms with E-state index in [1.807, 2.05) is 0 Å². The zero-order valence-corrected chi connectivity index (χ0v) is 9.91. The number of aliphatic hydroxyl groups excluding tert-OH is 1. The zero-order valence-electron chi connectivity index (χ0n) is 9.91. The predicted molar refractivity (Wildman–Crippen MR) is 62.0 cm³/mol. The summed E-state index contributed by atoms with van der Waals surface area (Å²) in [4.78, 5) is 11.1. The molecule has 2 heteroatoms. The lowest BCUT2D eigenvalue weighted by molar-refractivity contribution is -0.113. The molecule has 4 fully saturated rings. The first-order chi connectivity index (χ1) is 7.57. The van der Waals surface area contributed by atoms with Crippen LogP contribution in [-0.4, -0.2) is 10.9 Å². The highest BCUT2D eigenvalue weighted by atomic mass is 16.3. The number of carbonyl (C=O) groups excluding carboxylic acids is 1. The predicted octanol–water partition coefficient (Wildman–Crippen LogP) is 3.23. The molecule has 0 spiro atoms. The molecule has 88 valence electrons. The molecule has 4 aliphatic rings. The van der Waals surface area contributed by atoms with Gasteiger partial charge in [0.1, 0.15) is 5.76 Å². The van der Waals surface area contributed by atoms with Crippen molar-refractivity contribution in [3.8, 4) is 0 Å². The summed E-state index contributed by atoms with van der Waals surface area (Å²) < 4.78 is 0. The van der Waals surface area contributed by atoms with Gasteiger partial charge in [0, 0.05) is 11.5 Å². The maximum atomic E-state index is 11.1. The molecule has 0 aromatic heterocycles. The minimum atomic E-state index is -0.0201. The van der Waals surface area contributed by atoms with Crippen LogP contribution >= 0.6 is 0 Å². The lowest BCUT2D eigenvalue weighted by atomic mass is 9.49. The summed E-state index contributed by atoms with van der Waals surface area (Å²) in [5, 5.41) is 10.2. The number of hydrogen-bond donors (Lipinski definition) is 1. The normalized spacial score (nSPS) is 46.1. The quantitative estimate of drug-likeness (QED) is 0.573. The molecular weight excluding hydrogens is 200 g/mol. The van der Waals surface area contributed by atoms with E-state index in [1.165, 1.54) is 32.3 Å². The summed E-state index contributed by atoms with van der Waals surface area (Å²) >= 11 is 0. The van der Waals surface area contributed by atoms with Crippen molar-refractivity contribution in [3.05, 3.63) is 11.8 Å². The Morgan fingerprint density at radius 2 is 1.56 bits per heavy atom. The van der Waals surface area contributed by atoms with Crippen LogP contribution in [0.3, 0.4) is 0 Å². The molecule has 1 N–H and O–H groups in total. The molecule has 0 atom stereocenters. The largest absolute Gasteiger partial charge is 0.512 e. The van der Waals surface area contributed by atoms with E-state index < -0.39 is 0 Å². The molecule has 16 heavy (non-hydrogen) atoms. The van der Waals surface area contributed by atoms with E-state index in [-0.39, 0.29) is 11.2 Å². The van der Waals surface area contributed by atoms with Crippen molar-refractivity contribution in [1.29, 1.82) is 0 Å². The lowest BCUT2D eigenvalue weighted by Gasteiger charge is -2.56. The molecule has 0 unspecified atom stereocenters. The fourth-order valence-corrected chi connectivity index (χ4v) is 4.77. The average molecular weight is 220 g/mol. The van der Waals surface area contributed by atoms with Gasteiger partial charge in [-0.2, -0.15) is 0 Å². The molecule has 0 heterocycles. The van der Waals surface area contributed by atoms with Gasteiger partial charge in [0.25, 0.3) is 0 Å². The van der Waals surface area contributed by atoms with Gasteiger partial charge in [0.2, 0.25) is 0 Å². The highest BCUT2D eigenvalue weighted by Gasteiger charge is 2.52. The highest BCUT2D eigenvalue weighted by molar-refractivity contribution is 5.87. The van der Waals surface area contributed by atoms with E-state index in [0.717, 1.165) is 37.0 Å². The summed E-state index contributed by atoms with van der Waals surface area (Å²) in [6.45, 7) is 1.52. The van der Waals surface area contributed by atoms with Gasteiger partial charge in [0.05, 0.1) is 0 Å². The molecule has 0 saturated heterocycles. The SMILES string of the molecule is CC(=O)C=C(O)C12CC3CC(CC(C3)C1)C2. The van der Waals surface area contributed by atoms with Crippen LogP contribution in [0.4, 0.5) is 0 Å². The maximum absolute atomic E-state index is 11.1. The summed E-state index contributed by atoms with van der Waals surface area (Å²) in [5.74, 6) is 2.81. The second kappa shape index (κ2) is 3.35. The summed E-state index contributed by atoms with van der Waals surface area (Å²) in [7, 11) is 0. The molecule has 0 amide bonds. The maximum Gasteiger partial charge on any atom is 0.155 e. The smallest absolute Gasteiger partial charge is 0.155 e. The van der Waals surface area contributed by atoms with Gasteiger partial charge in [-0.1, -0.05) is 0 Å². The third-order valence-corrected chi connectivity index (χ3v) is 4.92. The Morgan fingerprint density at radius 3 is 1.94 bits per heavy atom. The Bertz CT molecular complexity index is 318. The number of aliphatic hydroxyl groups is 1. The molecule has 4 aliphatic carbocycles. The van der Waals surface area contributed by atoms with Crippen LogP contribution in [0.5, 0.6) is 0 Å². The summed E-state index contributed by atoms with van der Waals surface area (Å²) in [6.07, 6.45) is 8.93. The van der Waals surface area contributed by atoms with Crippen molar-refractivity contribution < 1.29 is 9.90 Å². The molecule has 0 aromatic carbocycles. The number of rotatable bonds is 2. The van der Waals surface area contributed by atoms with Crippen molar-refractivity contribution in [2.24, 2.45) is 23.2 Å². The number of carbonyl (C=O) groups is 1. The topological polar surface area (TPSA) is 37.3 Å². The van der Waals surface area contributed by atoms with Gasteiger partial charge in [-0.25, -0.2) is 0 Å². The Balaban J connectivity index is 1.91. The van der Waals surface area contributed by atoms with Crippen molar-refractivity contribution in [3.63, 3.8) is 0 Å². The Kier molecular flexibility index (Phi) is 2.17. The lowest BCUT2D eigenvalue weighted by Crippen LogP contribution is -2.47. The molecule has 0 aliphatic heterocycles. The molecular formula is C14H20O2. The Morgan fingerprint density at radius 1 is 1.12 bits per heavy atom. The first-order valence-corrected chi connectivity index (χ1v) is 6.49. The van der Waals surface area contributed by atoms with Gasteiger partial charge in [-0.3, -0.25) is 4.79 Å². The van der Waals surface area contributed by atoms with Crippen molar-refractivity contribution >= 4 is 5.78 Å². The second-order valence-electron chi connectivity index (χ2n) is 6.34. The van der Waals surface area contributed by atoms with Crippen LogP contribution in [-0.2, 0) is 4.79 Å². The fourth-order valence-electron chi connectivity index (χ4n) is 4.77. The summed E-state index contributed by atoms with van der Waals surface area (Å²) in [6, 6.07) is 0. The van der Waals surface area contributed by atoms with Gasteiger partial charge in [-0.15, -0.1) is 0 Å². The van der Waals surface area contributed by atoms with Crippen LogP contribution in [0.2, 0.25) is 0 Å². The minimum absolute atomic E-state index is 0.0135. The molecule has 2 nitrogen and oxygen atoms in total. The standard InChI is InChI=1S/C14H20O2/c1-9(15)2-13(16)14-6-10-3-11(7-14)5-12(4-10)8-14/h2,10-12,16H,3-8H2,1H3. The fraction of sp³-hybridized carbons (Fsp3) is 0.786. The van der Waals surface area contributed by atoms with Crippen molar-refractivity contribution in [2.45, 2.75) is 45.4 Å². The monoisotopic (exact) mass is 220 g/mol. The first-order valence-electron chi connectivity index (χ1n) is 6.49. The highest BCUT2D eigenvalue weighted by Crippen LogP contribution is 2.62. The van der Waals surface area contributed by atoms with E-state index in [1.54, 1.807) is 0 Å². The molecule has 0 aromatic rings. The minimum Gasteiger partial charge on any atom is -0.512 e. The van der Waals surface area contributed by atoms with Crippen LogP contribution in [0.15, 0.2) is 11.8 Å². The summed E-state index contributed by atoms with van der Waals surface area (Å²) in [5.41, 5.74) is -0.0135. The van der Waals surface area contributed by atoms with Crippen LogP contribution in [0.1, 0.15) is 45.4 Å². The van der Waals surface area contributed by atoms with E-state index in [9.17, 15) is 9.90 Å². The number of ketones is 1. The van der Waals surface area contributed by atoms with E-state index >= 15 is 0 Å². The van der Waals surface area contributed by atoms with Crippen LogP contribution < -0.4 is 0 Å². The van der Waals surface area contributed by atoms with Gasteiger partial charge in [-0.05, 0) is 63.2 Å². The third-order valence-electron chi connectivity index (χ3n) is 4.92. The van der Waals surface area contributed by atoms with Crippen LogP contribution in [0, 0.1) is 23.2 Å². The third kappa shape index (κ3) is 1.50. The Labute approximate surface area is 96.7 Å². The zero-order chi connectivity index (χ0) is 11.3. The van der Waals surface area contributed by atoms with Gasteiger partial charge in [0.15, 0.2) is 5.78 Å². The van der Waals surface area contributed by atoms with E-state index in [4.69, 9.17) is 0 Å². The second-order valence-corrected chi connectivity index (χ2v) is 6.34. The molecule has 4 saturated carbocycles. The first kappa shape index (κ1) is 10.4. The van der Waals surface area contributed by atoms with Crippen molar-refractivity contribution in [1.82, 2.24) is 0 Å². The van der Waals surface area contributed by atoms with Crippen LogP contribution in [0.25, 0.3) is 0 Å². The van der Waals surface area contributed by atoms with E-state index in [0.29, 0.717) is 5.76 Å². The average Bonchev–Trinajstić information content (AvgIpc) is 2.13. The molecule has 4 bridgehead atoms. The van der Waals surface area contributed by atoms with Crippen molar-refractivity contribution in [2.75, 3.05) is 0 Å². The van der Waals surface area contributed by atoms with Gasteiger partial charge < -0.3 is 5.11 Å². The van der Waals surface area contributed by atoms with Gasteiger partial charge >= 0.3 is 0 Å². The number of allylic oxidation sites excluding steroid dienone is 2. The molecule has 0 radical (unpaired) electrons. The number of hydrogen-bond acceptors (Lipinski definition) is 2. The molecule has 4 rings (SSSR count). The van der Waals surface area contributed by atoms with E-state index in [2.05, 4.69) is 0 Å².